The molecule has 1 heterocycles. The number of rotatable bonds is 7. The Balaban J connectivity index is 2.51. The van der Waals surface area contributed by atoms with Crippen molar-refractivity contribution in [1.82, 2.24) is 15.3 Å². The molecule has 0 aliphatic heterocycles. The first-order chi connectivity index (χ1) is 7.76. The highest BCUT2D eigenvalue weighted by Crippen LogP contribution is 2.14. The van der Waals surface area contributed by atoms with Crippen molar-refractivity contribution in [1.29, 1.82) is 0 Å². The summed E-state index contributed by atoms with van der Waals surface area (Å²) in [4.78, 5) is 8.31. The van der Waals surface area contributed by atoms with E-state index < -0.39 is 0 Å². The van der Waals surface area contributed by atoms with Gasteiger partial charge < -0.3 is 14.8 Å². The van der Waals surface area contributed by atoms with E-state index in [0.29, 0.717) is 30.8 Å². The molecule has 1 rings (SSSR count). The molecule has 0 aromatic carbocycles. The Kier molecular flexibility index (Phi) is 5.56. The van der Waals surface area contributed by atoms with Gasteiger partial charge in [-0.05, 0) is 20.4 Å². The van der Waals surface area contributed by atoms with Crippen molar-refractivity contribution in [3.05, 3.63) is 11.9 Å². The highest BCUT2D eigenvalue weighted by atomic mass is 16.5. The molecule has 0 bridgehead atoms. The molecule has 0 radical (unpaired) electrons. The van der Waals surface area contributed by atoms with E-state index in [4.69, 9.17) is 9.47 Å². The predicted molar refractivity (Wildman–Crippen MR) is 62.0 cm³/mol. The Morgan fingerprint density at radius 3 is 2.50 bits per heavy atom. The molecule has 1 aromatic heterocycles. The lowest BCUT2D eigenvalue weighted by molar-refractivity contribution is 0.290. The van der Waals surface area contributed by atoms with Crippen LogP contribution >= 0.6 is 0 Å². The minimum atomic E-state index is 0.563. The minimum Gasteiger partial charge on any atom is -0.478 e. The molecule has 0 atom stereocenters. The number of ether oxygens (including phenoxy) is 2. The molecule has 16 heavy (non-hydrogen) atoms. The van der Waals surface area contributed by atoms with Gasteiger partial charge in [-0.3, -0.25) is 0 Å². The molecule has 0 spiro atoms. The van der Waals surface area contributed by atoms with Gasteiger partial charge in [-0.25, -0.2) is 0 Å². The van der Waals surface area contributed by atoms with Gasteiger partial charge in [0.1, 0.15) is 12.4 Å². The summed E-state index contributed by atoms with van der Waals surface area (Å²) in [5.74, 6) is 1.78. The van der Waals surface area contributed by atoms with E-state index in [0.717, 1.165) is 13.1 Å². The minimum absolute atomic E-state index is 0.563. The first-order valence-corrected chi connectivity index (χ1v) is 5.58. The lowest BCUT2D eigenvalue weighted by atomic mass is 10.5. The Bertz CT molecular complexity index is 318. The van der Waals surface area contributed by atoms with Crippen molar-refractivity contribution in [2.45, 2.75) is 20.8 Å². The molecular formula is C11H19N3O2. The summed E-state index contributed by atoms with van der Waals surface area (Å²) in [6.07, 6.45) is 0. The third-order valence-electron chi connectivity index (χ3n) is 1.86. The first-order valence-electron chi connectivity index (χ1n) is 5.58. The molecule has 0 unspecified atom stereocenters. The number of aryl methyl sites for hydroxylation is 1. The van der Waals surface area contributed by atoms with Crippen LogP contribution in [0, 0.1) is 6.92 Å². The second kappa shape index (κ2) is 7.00. The summed E-state index contributed by atoms with van der Waals surface area (Å²) >= 11 is 0. The van der Waals surface area contributed by atoms with Crippen LogP contribution in [0.2, 0.25) is 0 Å². The van der Waals surface area contributed by atoms with Crippen LogP contribution in [0.15, 0.2) is 6.07 Å². The van der Waals surface area contributed by atoms with Crippen molar-refractivity contribution in [2.75, 3.05) is 26.3 Å². The van der Waals surface area contributed by atoms with Crippen molar-refractivity contribution >= 4 is 0 Å². The zero-order valence-electron chi connectivity index (χ0n) is 10.1. The number of nitrogens with one attached hydrogen (secondary N) is 1. The van der Waals surface area contributed by atoms with Crippen LogP contribution in [0.3, 0.4) is 0 Å². The second-order valence-corrected chi connectivity index (χ2v) is 3.23. The van der Waals surface area contributed by atoms with Gasteiger partial charge in [-0.2, -0.15) is 9.97 Å². The second-order valence-electron chi connectivity index (χ2n) is 3.23. The topological polar surface area (TPSA) is 56.3 Å². The summed E-state index contributed by atoms with van der Waals surface area (Å²) in [6, 6.07) is 1.71. The first kappa shape index (κ1) is 12.7. The third-order valence-corrected chi connectivity index (χ3v) is 1.86. The SMILES string of the molecule is CCNCCOc1cc(OCC)nc(C)n1. The van der Waals surface area contributed by atoms with Crippen LogP contribution in [-0.2, 0) is 0 Å². The number of hydrogen-bond donors (Lipinski definition) is 1. The van der Waals surface area contributed by atoms with E-state index in [9.17, 15) is 0 Å². The number of aromatic nitrogens is 2. The van der Waals surface area contributed by atoms with Crippen molar-refractivity contribution in [2.24, 2.45) is 0 Å². The summed E-state index contributed by atoms with van der Waals surface area (Å²) in [6.45, 7) is 8.73. The molecule has 90 valence electrons. The average molecular weight is 225 g/mol. The molecule has 0 aliphatic carbocycles. The Morgan fingerprint density at radius 1 is 1.19 bits per heavy atom. The molecule has 1 N–H and O–H groups in total. The highest BCUT2D eigenvalue weighted by Gasteiger charge is 2.02. The molecule has 0 saturated heterocycles. The van der Waals surface area contributed by atoms with E-state index in [1.165, 1.54) is 0 Å². The maximum Gasteiger partial charge on any atom is 0.220 e. The predicted octanol–water partition coefficient (Wildman–Crippen LogP) is 1.17. The van der Waals surface area contributed by atoms with Gasteiger partial charge in [-0.1, -0.05) is 6.92 Å². The zero-order valence-corrected chi connectivity index (χ0v) is 10.1. The third kappa shape index (κ3) is 4.44. The van der Waals surface area contributed by atoms with Gasteiger partial charge in [-0.15, -0.1) is 0 Å². The van der Waals surface area contributed by atoms with Gasteiger partial charge in [0.05, 0.1) is 12.7 Å². The van der Waals surface area contributed by atoms with Crippen molar-refractivity contribution in [3.63, 3.8) is 0 Å². The average Bonchev–Trinajstić information content (AvgIpc) is 2.24. The molecule has 1 aromatic rings. The summed E-state index contributed by atoms with van der Waals surface area (Å²) in [5.41, 5.74) is 0. The van der Waals surface area contributed by atoms with Crippen LogP contribution < -0.4 is 14.8 Å². The molecule has 0 aliphatic rings. The molecule has 0 amide bonds. The summed E-state index contributed by atoms with van der Waals surface area (Å²) < 4.78 is 10.8. The van der Waals surface area contributed by atoms with Crippen LogP contribution in [0.1, 0.15) is 19.7 Å². The van der Waals surface area contributed by atoms with Gasteiger partial charge in [0.25, 0.3) is 0 Å². The van der Waals surface area contributed by atoms with E-state index in [1.807, 2.05) is 13.8 Å². The molecule has 5 nitrogen and oxygen atoms in total. The van der Waals surface area contributed by atoms with E-state index in [-0.39, 0.29) is 0 Å². The largest absolute Gasteiger partial charge is 0.478 e. The Hall–Kier alpha value is -1.36. The van der Waals surface area contributed by atoms with E-state index in [1.54, 1.807) is 6.07 Å². The normalized spacial score (nSPS) is 10.2. The molecule has 5 heteroatoms. The quantitative estimate of drug-likeness (QED) is 0.706. The number of hydrogen-bond acceptors (Lipinski definition) is 5. The lowest BCUT2D eigenvalue weighted by Gasteiger charge is -2.08. The van der Waals surface area contributed by atoms with Crippen molar-refractivity contribution in [3.8, 4) is 11.8 Å². The summed E-state index contributed by atoms with van der Waals surface area (Å²) in [5, 5.41) is 3.17. The highest BCUT2D eigenvalue weighted by molar-refractivity contribution is 5.20. The maximum atomic E-state index is 5.48. The van der Waals surface area contributed by atoms with Gasteiger partial charge in [0.15, 0.2) is 0 Å². The standard InChI is InChI=1S/C11H19N3O2/c1-4-12-6-7-16-11-8-10(15-5-2)13-9(3)14-11/h8,12H,4-7H2,1-3H3. The van der Waals surface area contributed by atoms with Crippen LogP contribution in [0.4, 0.5) is 0 Å². The van der Waals surface area contributed by atoms with Gasteiger partial charge in [0.2, 0.25) is 11.8 Å². The molecule has 0 saturated carbocycles. The molecular weight excluding hydrogens is 206 g/mol. The smallest absolute Gasteiger partial charge is 0.220 e. The maximum absolute atomic E-state index is 5.48. The summed E-state index contributed by atoms with van der Waals surface area (Å²) in [7, 11) is 0. The number of nitrogens with zero attached hydrogens (tertiary/aromatic N) is 2. The van der Waals surface area contributed by atoms with E-state index in [2.05, 4.69) is 22.2 Å². The van der Waals surface area contributed by atoms with Crippen LogP contribution in [0.25, 0.3) is 0 Å². The molecule has 0 fully saturated rings. The fourth-order valence-electron chi connectivity index (χ4n) is 1.21. The number of likely N-dealkylation sites (N-methyl/N-ethyl adjacent to an activating group) is 1. The fraction of sp³-hybridized carbons (Fsp3) is 0.636. The Labute approximate surface area is 96.2 Å². The van der Waals surface area contributed by atoms with E-state index >= 15 is 0 Å². The van der Waals surface area contributed by atoms with Crippen LogP contribution in [-0.4, -0.2) is 36.3 Å². The zero-order chi connectivity index (χ0) is 11.8. The lowest BCUT2D eigenvalue weighted by Crippen LogP contribution is -2.20. The monoisotopic (exact) mass is 225 g/mol. The van der Waals surface area contributed by atoms with Crippen LogP contribution in [0.5, 0.6) is 11.8 Å². The fourth-order valence-corrected chi connectivity index (χ4v) is 1.21. The van der Waals surface area contributed by atoms with Crippen molar-refractivity contribution < 1.29 is 9.47 Å². The van der Waals surface area contributed by atoms with Gasteiger partial charge in [0, 0.05) is 6.54 Å². The van der Waals surface area contributed by atoms with Gasteiger partial charge >= 0.3 is 0 Å². The Morgan fingerprint density at radius 2 is 1.88 bits per heavy atom.